The summed E-state index contributed by atoms with van der Waals surface area (Å²) in [6, 6.07) is 10.4. The Morgan fingerprint density at radius 3 is 2.61 bits per heavy atom. The van der Waals surface area contributed by atoms with Gasteiger partial charge in [0.15, 0.2) is 0 Å². The van der Waals surface area contributed by atoms with Crippen LogP contribution in [0.1, 0.15) is 11.1 Å². The van der Waals surface area contributed by atoms with Crippen LogP contribution in [0.5, 0.6) is 0 Å². The highest BCUT2D eigenvalue weighted by Gasteiger charge is 2.08. The first-order chi connectivity index (χ1) is 8.65. The Hall–Kier alpha value is -0.710. The Morgan fingerprint density at radius 1 is 1.11 bits per heavy atom. The molecule has 0 fully saturated rings. The number of aromatic nitrogens is 1. The SMILES string of the molecule is NC(Cc1cncc(Br)c1)Cc1ccccc1Br. The third-order valence-corrected chi connectivity index (χ3v) is 3.91. The van der Waals surface area contributed by atoms with E-state index in [0.29, 0.717) is 0 Å². The minimum atomic E-state index is 0.0970. The molecule has 2 aromatic rings. The molecule has 4 heteroatoms. The maximum absolute atomic E-state index is 6.19. The van der Waals surface area contributed by atoms with Crippen LogP contribution in [0.4, 0.5) is 0 Å². The molecule has 1 aromatic heterocycles. The van der Waals surface area contributed by atoms with E-state index in [1.165, 1.54) is 5.56 Å². The number of nitrogens with zero attached hydrogens (tertiary/aromatic N) is 1. The van der Waals surface area contributed by atoms with Gasteiger partial charge in [-0.15, -0.1) is 0 Å². The molecule has 1 aromatic carbocycles. The van der Waals surface area contributed by atoms with Gasteiger partial charge in [0, 0.05) is 27.4 Å². The average Bonchev–Trinajstić information content (AvgIpc) is 2.32. The summed E-state index contributed by atoms with van der Waals surface area (Å²) in [5, 5.41) is 0. The van der Waals surface area contributed by atoms with Crippen molar-refractivity contribution in [1.29, 1.82) is 0 Å². The summed E-state index contributed by atoms with van der Waals surface area (Å²) in [4.78, 5) is 4.15. The van der Waals surface area contributed by atoms with E-state index in [0.717, 1.165) is 27.4 Å². The standard InChI is InChI=1S/C14H14Br2N2/c15-12-5-10(8-18-9-12)6-13(17)7-11-3-1-2-4-14(11)16/h1-5,8-9,13H,6-7,17H2. The van der Waals surface area contributed by atoms with E-state index < -0.39 is 0 Å². The summed E-state index contributed by atoms with van der Waals surface area (Å²) in [6.07, 6.45) is 5.33. The minimum Gasteiger partial charge on any atom is -0.327 e. The van der Waals surface area contributed by atoms with Crippen molar-refractivity contribution in [2.24, 2.45) is 5.73 Å². The molecule has 0 bridgehead atoms. The molecular formula is C14H14Br2N2. The molecule has 1 unspecified atom stereocenters. The molecule has 18 heavy (non-hydrogen) atoms. The van der Waals surface area contributed by atoms with E-state index in [2.05, 4.69) is 49.0 Å². The third kappa shape index (κ3) is 3.90. The van der Waals surface area contributed by atoms with E-state index in [1.807, 2.05) is 24.4 Å². The Balaban J connectivity index is 2.01. The second kappa shape index (κ2) is 6.45. The molecule has 0 aliphatic rings. The normalized spacial score (nSPS) is 12.4. The quantitative estimate of drug-likeness (QED) is 0.891. The Kier molecular flexibility index (Phi) is 4.92. The van der Waals surface area contributed by atoms with Crippen molar-refractivity contribution in [3.8, 4) is 0 Å². The molecule has 0 spiro atoms. The Bertz CT molecular complexity index is 529. The lowest BCUT2D eigenvalue weighted by Crippen LogP contribution is -2.25. The number of nitrogens with two attached hydrogens (primary N) is 1. The molecule has 1 heterocycles. The van der Waals surface area contributed by atoms with Gasteiger partial charge in [0.2, 0.25) is 0 Å². The number of hydrogen-bond donors (Lipinski definition) is 1. The summed E-state index contributed by atoms with van der Waals surface area (Å²) in [5.74, 6) is 0. The van der Waals surface area contributed by atoms with Crippen LogP contribution >= 0.6 is 31.9 Å². The first-order valence-corrected chi connectivity index (χ1v) is 7.32. The van der Waals surface area contributed by atoms with Gasteiger partial charge < -0.3 is 5.73 Å². The number of benzene rings is 1. The molecular weight excluding hydrogens is 356 g/mol. The molecule has 2 nitrogen and oxygen atoms in total. The minimum absolute atomic E-state index is 0.0970. The van der Waals surface area contributed by atoms with Gasteiger partial charge in [0.25, 0.3) is 0 Å². The maximum atomic E-state index is 6.19. The molecule has 0 saturated heterocycles. The third-order valence-electron chi connectivity index (χ3n) is 2.70. The summed E-state index contributed by atoms with van der Waals surface area (Å²) >= 11 is 6.97. The van der Waals surface area contributed by atoms with E-state index in [-0.39, 0.29) is 6.04 Å². The molecule has 0 saturated carbocycles. The van der Waals surface area contributed by atoms with Crippen molar-refractivity contribution in [2.75, 3.05) is 0 Å². The average molecular weight is 370 g/mol. The lowest BCUT2D eigenvalue weighted by atomic mass is 10.0. The van der Waals surface area contributed by atoms with Crippen LogP contribution < -0.4 is 5.73 Å². The zero-order chi connectivity index (χ0) is 13.0. The predicted molar refractivity (Wildman–Crippen MR) is 81.5 cm³/mol. The highest BCUT2D eigenvalue weighted by atomic mass is 79.9. The fourth-order valence-electron chi connectivity index (χ4n) is 1.89. The highest BCUT2D eigenvalue weighted by molar-refractivity contribution is 9.10. The van der Waals surface area contributed by atoms with Gasteiger partial charge in [-0.3, -0.25) is 4.98 Å². The van der Waals surface area contributed by atoms with Crippen molar-refractivity contribution >= 4 is 31.9 Å². The van der Waals surface area contributed by atoms with E-state index in [4.69, 9.17) is 5.73 Å². The van der Waals surface area contributed by atoms with Gasteiger partial charge in [-0.1, -0.05) is 34.1 Å². The van der Waals surface area contributed by atoms with E-state index in [9.17, 15) is 0 Å². The summed E-state index contributed by atoms with van der Waals surface area (Å²) in [5.41, 5.74) is 8.59. The van der Waals surface area contributed by atoms with Crippen LogP contribution in [-0.2, 0) is 12.8 Å². The van der Waals surface area contributed by atoms with Crippen molar-refractivity contribution in [1.82, 2.24) is 4.98 Å². The maximum Gasteiger partial charge on any atom is 0.0410 e. The predicted octanol–water partition coefficient (Wildman–Crippen LogP) is 3.72. The van der Waals surface area contributed by atoms with Gasteiger partial charge in [-0.25, -0.2) is 0 Å². The van der Waals surface area contributed by atoms with Crippen LogP contribution in [-0.4, -0.2) is 11.0 Å². The Morgan fingerprint density at radius 2 is 1.89 bits per heavy atom. The van der Waals surface area contributed by atoms with Crippen molar-refractivity contribution < 1.29 is 0 Å². The molecule has 94 valence electrons. The summed E-state index contributed by atoms with van der Waals surface area (Å²) < 4.78 is 2.11. The monoisotopic (exact) mass is 368 g/mol. The first kappa shape index (κ1) is 13.7. The molecule has 0 aliphatic heterocycles. The smallest absolute Gasteiger partial charge is 0.0410 e. The van der Waals surface area contributed by atoms with E-state index in [1.54, 1.807) is 6.20 Å². The van der Waals surface area contributed by atoms with Crippen molar-refractivity contribution in [3.05, 3.63) is 62.8 Å². The molecule has 0 aliphatic carbocycles. The fraction of sp³-hybridized carbons (Fsp3) is 0.214. The van der Waals surface area contributed by atoms with Crippen molar-refractivity contribution in [3.63, 3.8) is 0 Å². The van der Waals surface area contributed by atoms with Crippen LogP contribution in [0.3, 0.4) is 0 Å². The molecule has 2 rings (SSSR count). The topological polar surface area (TPSA) is 38.9 Å². The van der Waals surface area contributed by atoms with Gasteiger partial charge in [-0.05, 0) is 52.0 Å². The fourth-order valence-corrected chi connectivity index (χ4v) is 2.75. The van der Waals surface area contributed by atoms with Crippen LogP contribution in [0, 0.1) is 0 Å². The molecule has 2 N–H and O–H groups in total. The van der Waals surface area contributed by atoms with Gasteiger partial charge >= 0.3 is 0 Å². The zero-order valence-corrected chi connectivity index (χ0v) is 13.0. The number of hydrogen-bond acceptors (Lipinski definition) is 2. The number of halogens is 2. The Labute approximate surface area is 124 Å². The number of rotatable bonds is 4. The highest BCUT2D eigenvalue weighted by Crippen LogP contribution is 2.18. The largest absolute Gasteiger partial charge is 0.327 e. The molecule has 0 radical (unpaired) electrons. The lowest BCUT2D eigenvalue weighted by molar-refractivity contribution is 0.661. The van der Waals surface area contributed by atoms with Crippen LogP contribution in [0.2, 0.25) is 0 Å². The van der Waals surface area contributed by atoms with Crippen LogP contribution in [0.15, 0.2) is 51.7 Å². The van der Waals surface area contributed by atoms with Gasteiger partial charge in [0.05, 0.1) is 0 Å². The second-order valence-corrected chi connectivity index (χ2v) is 6.04. The summed E-state index contributed by atoms with van der Waals surface area (Å²) in [6.45, 7) is 0. The molecule has 0 amide bonds. The lowest BCUT2D eigenvalue weighted by Gasteiger charge is -2.13. The zero-order valence-electron chi connectivity index (χ0n) is 9.81. The van der Waals surface area contributed by atoms with E-state index >= 15 is 0 Å². The summed E-state index contributed by atoms with van der Waals surface area (Å²) in [7, 11) is 0. The number of pyridine rings is 1. The first-order valence-electron chi connectivity index (χ1n) is 5.73. The van der Waals surface area contributed by atoms with Gasteiger partial charge in [0.1, 0.15) is 0 Å². The van der Waals surface area contributed by atoms with Crippen molar-refractivity contribution in [2.45, 2.75) is 18.9 Å². The van der Waals surface area contributed by atoms with Gasteiger partial charge in [-0.2, -0.15) is 0 Å². The molecule has 1 atom stereocenters. The van der Waals surface area contributed by atoms with Crippen LogP contribution in [0.25, 0.3) is 0 Å². The second-order valence-electron chi connectivity index (χ2n) is 4.27.